The van der Waals surface area contributed by atoms with Crippen LogP contribution < -0.4 is 5.73 Å². The molecule has 0 saturated heterocycles. The number of hydrogen-bond acceptors (Lipinski definition) is 2. The van der Waals surface area contributed by atoms with Crippen LogP contribution in [0.2, 0.25) is 0 Å². The van der Waals surface area contributed by atoms with Crippen molar-refractivity contribution in [3.05, 3.63) is 30.0 Å². The Morgan fingerprint density at radius 1 is 1.31 bits per heavy atom. The van der Waals surface area contributed by atoms with Crippen molar-refractivity contribution in [2.24, 2.45) is 0 Å². The first kappa shape index (κ1) is 11.0. The van der Waals surface area contributed by atoms with E-state index in [4.69, 9.17) is 5.73 Å². The summed E-state index contributed by atoms with van der Waals surface area (Å²) in [4.78, 5) is 2.18. The Labute approximate surface area is 96.5 Å². The molecule has 0 aliphatic carbocycles. The van der Waals surface area contributed by atoms with Gasteiger partial charge in [0.25, 0.3) is 0 Å². The van der Waals surface area contributed by atoms with Crippen LogP contribution in [-0.4, -0.2) is 23.6 Å². The molecule has 1 heterocycles. The molecule has 2 N–H and O–H groups in total. The number of fused-ring (bicyclic) bond motifs is 1. The van der Waals surface area contributed by atoms with E-state index in [1.54, 1.807) is 0 Å². The molecule has 3 heteroatoms. The summed E-state index contributed by atoms with van der Waals surface area (Å²) in [5.74, 6) is 0. The van der Waals surface area contributed by atoms with Crippen molar-refractivity contribution < 1.29 is 0 Å². The normalized spacial score (nSPS) is 11.5. The maximum atomic E-state index is 6.00. The molecule has 0 atom stereocenters. The average Bonchev–Trinajstić information content (AvgIpc) is 2.56. The standard InChI is InChI=1S/C13H19N3/c1-4-16-10(9-15(2)3)8-11-12(14)6-5-7-13(11)16/h5-8H,4,9,14H2,1-3H3. The largest absolute Gasteiger partial charge is 0.398 e. The minimum absolute atomic E-state index is 0.865. The van der Waals surface area contributed by atoms with Gasteiger partial charge >= 0.3 is 0 Å². The molecule has 0 unspecified atom stereocenters. The van der Waals surface area contributed by atoms with Crippen LogP contribution in [0.3, 0.4) is 0 Å². The van der Waals surface area contributed by atoms with E-state index in [-0.39, 0.29) is 0 Å². The van der Waals surface area contributed by atoms with Gasteiger partial charge in [0.15, 0.2) is 0 Å². The van der Waals surface area contributed by atoms with Crippen LogP contribution in [0.15, 0.2) is 24.3 Å². The fourth-order valence-electron chi connectivity index (χ4n) is 2.19. The predicted octanol–water partition coefficient (Wildman–Crippen LogP) is 2.31. The highest BCUT2D eigenvalue weighted by atomic mass is 15.1. The number of aryl methyl sites for hydroxylation is 1. The zero-order chi connectivity index (χ0) is 11.7. The topological polar surface area (TPSA) is 34.2 Å². The Balaban J connectivity index is 2.61. The van der Waals surface area contributed by atoms with Crippen molar-refractivity contribution in [3.63, 3.8) is 0 Å². The molecule has 86 valence electrons. The summed E-state index contributed by atoms with van der Waals surface area (Å²) in [6.45, 7) is 4.10. The van der Waals surface area contributed by atoms with Crippen molar-refractivity contribution >= 4 is 16.6 Å². The lowest BCUT2D eigenvalue weighted by atomic mass is 10.2. The highest BCUT2D eigenvalue weighted by Crippen LogP contribution is 2.25. The molecule has 0 saturated carbocycles. The van der Waals surface area contributed by atoms with Gasteiger partial charge in [-0.05, 0) is 39.2 Å². The van der Waals surface area contributed by atoms with Crippen LogP contribution in [0.5, 0.6) is 0 Å². The average molecular weight is 217 g/mol. The quantitative estimate of drug-likeness (QED) is 0.800. The Hall–Kier alpha value is -1.48. The number of nitrogen functional groups attached to an aromatic ring is 1. The molecule has 0 bridgehead atoms. The SMILES string of the molecule is CCn1c(CN(C)C)cc2c(N)cccc21. The van der Waals surface area contributed by atoms with Crippen molar-refractivity contribution in [2.45, 2.75) is 20.0 Å². The number of anilines is 1. The van der Waals surface area contributed by atoms with E-state index in [1.165, 1.54) is 16.6 Å². The lowest BCUT2D eigenvalue weighted by molar-refractivity contribution is 0.389. The van der Waals surface area contributed by atoms with E-state index >= 15 is 0 Å². The van der Waals surface area contributed by atoms with Crippen LogP contribution >= 0.6 is 0 Å². The maximum Gasteiger partial charge on any atom is 0.0503 e. The zero-order valence-corrected chi connectivity index (χ0v) is 10.2. The summed E-state index contributed by atoms with van der Waals surface area (Å²) < 4.78 is 2.33. The summed E-state index contributed by atoms with van der Waals surface area (Å²) in [5, 5.41) is 1.17. The molecule has 0 amide bonds. The summed E-state index contributed by atoms with van der Waals surface area (Å²) in [6.07, 6.45) is 0. The van der Waals surface area contributed by atoms with E-state index in [0.29, 0.717) is 0 Å². The highest BCUT2D eigenvalue weighted by Gasteiger charge is 2.09. The van der Waals surface area contributed by atoms with E-state index < -0.39 is 0 Å². The predicted molar refractivity (Wildman–Crippen MR) is 69.4 cm³/mol. The number of benzene rings is 1. The molecule has 2 aromatic rings. The Bertz CT molecular complexity index is 497. The molecule has 16 heavy (non-hydrogen) atoms. The minimum atomic E-state index is 0.865. The number of nitrogens with zero attached hydrogens (tertiary/aromatic N) is 2. The fraction of sp³-hybridized carbons (Fsp3) is 0.385. The lowest BCUT2D eigenvalue weighted by Gasteiger charge is -2.12. The summed E-state index contributed by atoms with van der Waals surface area (Å²) in [5.41, 5.74) is 9.42. The molecule has 0 fully saturated rings. The van der Waals surface area contributed by atoms with Gasteiger partial charge in [0.05, 0.1) is 5.52 Å². The van der Waals surface area contributed by atoms with Crippen LogP contribution in [0.4, 0.5) is 5.69 Å². The molecule has 2 rings (SSSR count). The van der Waals surface area contributed by atoms with Gasteiger partial charge < -0.3 is 15.2 Å². The fourth-order valence-corrected chi connectivity index (χ4v) is 2.19. The molecular formula is C13H19N3. The highest BCUT2D eigenvalue weighted by molar-refractivity contribution is 5.92. The summed E-state index contributed by atoms with van der Waals surface area (Å²) >= 11 is 0. The molecule has 0 aliphatic heterocycles. The van der Waals surface area contributed by atoms with E-state index in [2.05, 4.69) is 42.6 Å². The minimum Gasteiger partial charge on any atom is -0.398 e. The van der Waals surface area contributed by atoms with Gasteiger partial charge in [-0.2, -0.15) is 0 Å². The first-order valence-corrected chi connectivity index (χ1v) is 5.64. The first-order chi connectivity index (χ1) is 7.63. The third-order valence-corrected chi connectivity index (χ3v) is 2.86. The second-order valence-electron chi connectivity index (χ2n) is 4.40. The smallest absolute Gasteiger partial charge is 0.0503 e. The molecule has 1 aromatic heterocycles. The van der Waals surface area contributed by atoms with E-state index in [0.717, 1.165) is 18.8 Å². The van der Waals surface area contributed by atoms with Gasteiger partial charge in [-0.1, -0.05) is 6.07 Å². The van der Waals surface area contributed by atoms with Gasteiger partial charge in [-0.25, -0.2) is 0 Å². The van der Waals surface area contributed by atoms with E-state index in [9.17, 15) is 0 Å². The van der Waals surface area contributed by atoms with Gasteiger partial charge in [0, 0.05) is 29.9 Å². The van der Waals surface area contributed by atoms with Gasteiger partial charge in [0.2, 0.25) is 0 Å². The number of rotatable bonds is 3. The molecule has 3 nitrogen and oxygen atoms in total. The van der Waals surface area contributed by atoms with Gasteiger partial charge in [-0.15, -0.1) is 0 Å². The Morgan fingerprint density at radius 2 is 2.06 bits per heavy atom. The number of aromatic nitrogens is 1. The molecule has 0 spiro atoms. The number of hydrogen-bond donors (Lipinski definition) is 1. The van der Waals surface area contributed by atoms with Crippen molar-refractivity contribution in [3.8, 4) is 0 Å². The molecule has 0 radical (unpaired) electrons. The van der Waals surface area contributed by atoms with Crippen molar-refractivity contribution in [1.29, 1.82) is 0 Å². The lowest BCUT2D eigenvalue weighted by Crippen LogP contribution is -2.14. The Morgan fingerprint density at radius 3 is 2.69 bits per heavy atom. The van der Waals surface area contributed by atoms with Crippen molar-refractivity contribution in [2.75, 3.05) is 19.8 Å². The third kappa shape index (κ3) is 1.78. The molecular weight excluding hydrogens is 198 g/mol. The summed E-state index contributed by atoms with van der Waals surface area (Å²) in [6, 6.07) is 8.31. The molecule has 1 aromatic carbocycles. The first-order valence-electron chi connectivity index (χ1n) is 5.64. The van der Waals surface area contributed by atoms with Crippen LogP contribution in [0.25, 0.3) is 10.9 Å². The van der Waals surface area contributed by atoms with Gasteiger partial charge in [0.1, 0.15) is 0 Å². The maximum absolute atomic E-state index is 6.00. The Kier molecular flexibility index (Phi) is 2.88. The monoisotopic (exact) mass is 217 g/mol. The summed E-state index contributed by atoms with van der Waals surface area (Å²) in [7, 11) is 4.17. The third-order valence-electron chi connectivity index (χ3n) is 2.86. The van der Waals surface area contributed by atoms with Gasteiger partial charge in [-0.3, -0.25) is 0 Å². The number of nitrogens with two attached hydrogens (primary N) is 1. The van der Waals surface area contributed by atoms with Crippen LogP contribution in [0, 0.1) is 0 Å². The second-order valence-corrected chi connectivity index (χ2v) is 4.40. The zero-order valence-electron chi connectivity index (χ0n) is 10.2. The molecule has 0 aliphatic rings. The van der Waals surface area contributed by atoms with E-state index in [1.807, 2.05) is 12.1 Å². The van der Waals surface area contributed by atoms with Crippen LogP contribution in [-0.2, 0) is 13.1 Å². The second kappa shape index (κ2) is 4.18. The van der Waals surface area contributed by atoms with Crippen molar-refractivity contribution in [1.82, 2.24) is 9.47 Å². The van der Waals surface area contributed by atoms with Crippen LogP contribution in [0.1, 0.15) is 12.6 Å².